The Morgan fingerprint density at radius 3 is 2.68 bits per heavy atom. The molecule has 0 N–H and O–H groups in total. The van der Waals surface area contributed by atoms with Gasteiger partial charge >= 0.3 is 6.09 Å². The summed E-state index contributed by atoms with van der Waals surface area (Å²) in [6, 6.07) is 5.64. The van der Waals surface area contributed by atoms with E-state index in [0.717, 1.165) is 58.0 Å². The zero-order valence-corrected chi connectivity index (χ0v) is 21.2. The first-order chi connectivity index (χ1) is 16.1. The smallest absolute Gasteiger partial charge is 0.410 e. The monoisotopic (exact) mass is 499 g/mol. The number of likely N-dealkylation sites (tertiary alicyclic amines) is 1. The van der Waals surface area contributed by atoms with E-state index in [4.69, 9.17) is 9.72 Å². The number of amides is 1. The van der Waals surface area contributed by atoms with Crippen molar-refractivity contribution in [3.63, 3.8) is 0 Å². The second kappa shape index (κ2) is 7.39. The van der Waals surface area contributed by atoms with E-state index in [1.54, 1.807) is 34.4 Å². The van der Waals surface area contributed by atoms with Crippen LogP contribution in [0.25, 0.3) is 31.0 Å². The predicted octanol–water partition coefficient (Wildman–Crippen LogP) is 5.64. The molecule has 1 unspecified atom stereocenters. The zero-order valence-electron chi connectivity index (χ0n) is 19.6. The van der Waals surface area contributed by atoms with E-state index in [2.05, 4.69) is 16.1 Å². The van der Waals surface area contributed by atoms with Gasteiger partial charge in [-0.3, -0.25) is 4.68 Å². The zero-order chi connectivity index (χ0) is 23.8. The Labute approximate surface area is 204 Å². The summed E-state index contributed by atoms with van der Waals surface area (Å²) in [5.41, 5.74) is 0.537. The van der Waals surface area contributed by atoms with Crippen molar-refractivity contribution in [3.05, 3.63) is 30.2 Å². The normalized spacial score (nSPS) is 20.6. The molecule has 1 amide bonds. The summed E-state index contributed by atoms with van der Waals surface area (Å²) in [6.07, 6.45) is 3.56. The molecule has 10 heteroatoms. The van der Waals surface area contributed by atoms with Gasteiger partial charge in [0.1, 0.15) is 21.0 Å². The maximum absolute atomic E-state index is 14.5. The number of thiophene rings is 1. The second-order valence-electron chi connectivity index (χ2n) is 10.2. The van der Waals surface area contributed by atoms with Crippen LogP contribution < -0.4 is 4.90 Å². The minimum Gasteiger partial charge on any atom is -0.444 e. The van der Waals surface area contributed by atoms with Gasteiger partial charge < -0.3 is 14.5 Å². The number of fused-ring (bicyclic) bond motifs is 2. The average Bonchev–Trinajstić information content (AvgIpc) is 3.46. The first kappa shape index (κ1) is 21.8. The third kappa shape index (κ3) is 3.54. The van der Waals surface area contributed by atoms with Crippen LogP contribution in [0.2, 0.25) is 0 Å². The van der Waals surface area contributed by atoms with Gasteiger partial charge in [-0.05, 0) is 51.8 Å². The van der Waals surface area contributed by atoms with Crippen molar-refractivity contribution in [2.75, 3.05) is 24.5 Å². The summed E-state index contributed by atoms with van der Waals surface area (Å²) in [7, 11) is 1.79. The van der Waals surface area contributed by atoms with Crippen molar-refractivity contribution in [1.82, 2.24) is 19.7 Å². The van der Waals surface area contributed by atoms with Crippen molar-refractivity contribution >= 4 is 54.2 Å². The molecule has 4 aromatic rings. The lowest BCUT2D eigenvalue weighted by Crippen LogP contribution is -2.64. The quantitative estimate of drug-likeness (QED) is 0.357. The van der Waals surface area contributed by atoms with Gasteiger partial charge in [0.2, 0.25) is 0 Å². The number of halogens is 1. The molecule has 6 rings (SSSR count). The molecule has 0 bridgehead atoms. The first-order valence-electron chi connectivity index (χ1n) is 11.4. The third-order valence-corrected chi connectivity index (χ3v) is 8.90. The lowest BCUT2D eigenvalue weighted by atomic mass is 9.84. The average molecular weight is 500 g/mol. The molecule has 0 aliphatic carbocycles. The molecule has 0 saturated carbocycles. The van der Waals surface area contributed by atoms with Gasteiger partial charge in [0.25, 0.3) is 0 Å². The molecule has 7 nitrogen and oxygen atoms in total. The fourth-order valence-corrected chi connectivity index (χ4v) is 7.17. The van der Waals surface area contributed by atoms with E-state index in [0.29, 0.717) is 5.52 Å². The summed E-state index contributed by atoms with van der Waals surface area (Å²) in [6.45, 7) is 8.19. The van der Waals surface area contributed by atoms with Crippen LogP contribution in [0.5, 0.6) is 0 Å². The van der Waals surface area contributed by atoms with Gasteiger partial charge in [0.15, 0.2) is 5.82 Å². The van der Waals surface area contributed by atoms with Crippen molar-refractivity contribution < 1.29 is 13.9 Å². The number of anilines is 1. The van der Waals surface area contributed by atoms with Gasteiger partial charge in [-0.1, -0.05) is 11.3 Å². The van der Waals surface area contributed by atoms with Crippen molar-refractivity contribution in [2.24, 2.45) is 7.05 Å². The molecule has 3 aromatic heterocycles. The van der Waals surface area contributed by atoms with E-state index in [1.807, 2.05) is 37.9 Å². The van der Waals surface area contributed by atoms with E-state index < -0.39 is 5.60 Å². The predicted molar refractivity (Wildman–Crippen MR) is 134 cm³/mol. The van der Waals surface area contributed by atoms with Crippen LogP contribution in [0.1, 0.15) is 33.6 Å². The summed E-state index contributed by atoms with van der Waals surface area (Å²) >= 11 is 3.24. The second-order valence-corrected chi connectivity index (χ2v) is 12.3. The van der Waals surface area contributed by atoms with E-state index in [9.17, 15) is 9.18 Å². The maximum Gasteiger partial charge on any atom is 0.410 e. The molecule has 178 valence electrons. The Balaban J connectivity index is 1.22. The summed E-state index contributed by atoms with van der Waals surface area (Å²) in [5.74, 6) is -0.329. The Morgan fingerprint density at radius 2 is 1.97 bits per heavy atom. The van der Waals surface area contributed by atoms with E-state index in [-0.39, 0.29) is 17.4 Å². The summed E-state index contributed by atoms with van der Waals surface area (Å²) < 4.78 is 22.9. The third-order valence-electron chi connectivity index (χ3n) is 6.63. The number of aryl methyl sites for hydroxylation is 1. The molecule has 34 heavy (non-hydrogen) atoms. The van der Waals surface area contributed by atoms with Crippen LogP contribution in [-0.4, -0.2) is 56.5 Å². The summed E-state index contributed by atoms with van der Waals surface area (Å²) in [4.78, 5) is 22.7. The molecule has 2 saturated heterocycles. The highest BCUT2D eigenvalue weighted by atomic mass is 32.1. The molecule has 2 aliphatic rings. The molecule has 2 fully saturated rings. The van der Waals surface area contributed by atoms with Gasteiger partial charge in [0.05, 0.1) is 15.2 Å². The highest BCUT2D eigenvalue weighted by molar-refractivity contribution is 7.30. The number of nitrogens with zero attached hydrogens (tertiary/aromatic N) is 5. The Bertz CT molecular complexity index is 1400. The Morgan fingerprint density at radius 1 is 1.18 bits per heavy atom. The van der Waals surface area contributed by atoms with Crippen molar-refractivity contribution in [2.45, 2.75) is 44.8 Å². The van der Waals surface area contributed by atoms with Crippen molar-refractivity contribution in [1.29, 1.82) is 0 Å². The van der Waals surface area contributed by atoms with E-state index >= 15 is 0 Å². The minimum absolute atomic E-state index is 0.130. The number of ether oxygens (including phenoxy) is 1. The number of hydrogen-bond acceptors (Lipinski definition) is 7. The van der Waals surface area contributed by atoms with Crippen LogP contribution in [0, 0.1) is 5.82 Å². The highest BCUT2D eigenvalue weighted by Gasteiger charge is 2.53. The van der Waals surface area contributed by atoms with Crippen LogP contribution in [0.15, 0.2) is 24.4 Å². The molecule has 1 atom stereocenters. The molecule has 5 heterocycles. The number of thiazole rings is 1. The lowest BCUT2D eigenvalue weighted by molar-refractivity contribution is -0.0362. The lowest BCUT2D eigenvalue weighted by Gasteiger charge is -2.50. The fourth-order valence-electron chi connectivity index (χ4n) is 4.95. The molecular weight excluding hydrogens is 473 g/mol. The first-order valence-corrected chi connectivity index (χ1v) is 13.0. The number of aromatic nitrogens is 3. The van der Waals surface area contributed by atoms with Gasteiger partial charge in [-0.2, -0.15) is 5.10 Å². The number of benzene rings is 1. The molecule has 1 aromatic carbocycles. The molecule has 0 radical (unpaired) electrons. The maximum atomic E-state index is 14.5. The summed E-state index contributed by atoms with van der Waals surface area (Å²) in [5, 5.41) is 6.93. The standard InChI is InChI=1S/C24H26FN5O2S2/c1-23(2,3)32-22(31)30-8-6-24(30)5-7-29(13-24)18-11-17-21(34-18)26-20(33-17)14-9-15-12-28(4)27-19(15)16(25)10-14/h9-12H,5-8,13H2,1-4H3. The highest BCUT2D eigenvalue weighted by Crippen LogP contribution is 2.45. The van der Waals surface area contributed by atoms with Crippen molar-refractivity contribution in [3.8, 4) is 10.6 Å². The van der Waals surface area contributed by atoms with Gasteiger partial charge in [-0.25, -0.2) is 14.2 Å². The number of carbonyl (C=O) groups is 1. The van der Waals surface area contributed by atoms with Crippen LogP contribution in [-0.2, 0) is 11.8 Å². The van der Waals surface area contributed by atoms with Gasteiger partial charge in [0, 0.05) is 43.8 Å². The number of rotatable bonds is 2. The number of carbonyl (C=O) groups excluding carboxylic acids is 1. The minimum atomic E-state index is -0.488. The molecular formula is C24H26FN5O2S2. The topological polar surface area (TPSA) is 63.5 Å². The number of hydrogen-bond donors (Lipinski definition) is 0. The SMILES string of the molecule is Cn1cc2cc(-c3nc4sc(N5CCC6(CCN6C(=O)OC(C)(C)C)C5)cc4s3)cc(F)c2n1. The van der Waals surface area contributed by atoms with Gasteiger partial charge in [-0.15, -0.1) is 11.3 Å². The Hall–Kier alpha value is -2.72. The van der Waals surface area contributed by atoms with Crippen LogP contribution >= 0.6 is 22.7 Å². The molecule has 2 aliphatic heterocycles. The fraction of sp³-hybridized carbons (Fsp3) is 0.458. The Kier molecular flexibility index (Phi) is 4.73. The largest absolute Gasteiger partial charge is 0.444 e. The van der Waals surface area contributed by atoms with Crippen LogP contribution in [0.3, 0.4) is 0 Å². The van der Waals surface area contributed by atoms with E-state index in [1.165, 1.54) is 11.1 Å². The van der Waals surface area contributed by atoms with Crippen LogP contribution in [0.4, 0.5) is 14.2 Å². The molecule has 1 spiro atoms.